The largest absolute Gasteiger partial charge is 0.494 e. The maximum absolute atomic E-state index is 5.52. The number of guanidine groups is 1. The van der Waals surface area contributed by atoms with Crippen molar-refractivity contribution < 1.29 is 9.47 Å². The van der Waals surface area contributed by atoms with Crippen LogP contribution in [0.2, 0.25) is 0 Å². The lowest BCUT2D eigenvalue weighted by Gasteiger charge is -2.25. The molecule has 6 heteroatoms. The van der Waals surface area contributed by atoms with E-state index in [9.17, 15) is 0 Å². The fourth-order valence-electron chi connectivity index (χ4n) is 3.47. The number of methoxy groups -OCH3 is 1. The smallest absolute Gasteiger partial charge is 0.194 e. The van der Waals surface area contributed by atoms with E-state index in [1.165, 1.54) is 18.4 Å². The van der Waals surface area contributed by atoms with E-state index in [1.54, 1.807) is 7.11 Å². The van der Waals surface area contributed by atoms with E-state index in [0.29, 0.717) is 12.6 Å². The molecule has 2 rings (SSSR count). The van der Waals surface area contributed by atoms with E-state index < -0.39 is 0 Å². The van der Waals surface area contributed by atoms with Gasteiger partial charge in [-0.25, -0.2) is 0 Å². The van der Waals surface area contributed by atoms with Crippen LogP contribution in [0, 0.1) is 0 Å². The molecule has 1 atom stereocenters. The van der Waals surface area contributed by atoms with Crippen molar-refractivity contribution in [2.24, 2.45) is 4.99 Å². The lowest BCUT2D eigenvalue weighted by Crippen LogP contribution is -2.40. The third-order valence-electron chi connectivity index (χ3n) is 4.88. The maximum atomic E-state index is 5.52. The van der Waals surface area contributed by atoms with E-state index in [1.807, 2.05) is 19.1 Å². The summed E-state index contributed by atoms with van der Waals surface area (Å²) in [5, 5.41) is 3.42. The Bertz CT molecular complexity index is 562. The Labute approximate surface area is 164 Å². The van der Waals surface area contributed by atoms with Crippen molar-refractivity contribution in [3.63, 3.8) is 0 Å². The van der Waals surface area contributed by atoms with Crippen molar-refractivity contribution in [1.82, 2.24) is 15.1 Å². The molecule has 1 N–H and O–H groups in total. The van der Waals surface area contributed by atoms with Crippen LogP contribution in [0.4, 0.5) is 0 Å². The molecule has 0 aromatic heterocycles. The molecule has 1 unspecified atom stereocenters. The molecule has 27 heavy (non-hydrogen) atoms. The highest BCUT2D eigenvalue weighted by Crippen LogP contribution is 2.17. The second-order valence-corrected chi connectivity index (χ2v) is 6.95. The monoisotopic (exact) mass is 376 g/mol. The number of hydrogen-bond donors (Lipinski definition) is 1. The highest BCUT2D eigenvalue weighted by molar-refractivity contribution is 5.79. The van der Waals surface area contributed by atoms with E-state index in [2.05, 4.69) is 41.2 Å². The fraction of sp³-hybridized carbons (Fsp3) is 0.667. The van der Waals surface area contributed by atoms with Gasteiger partial charge in [-0.15, -0.1) is 0 Å². The Morgan fingerprint density at radius 1 is 1.30 bits per heavy atom. The zero-order valence-electron chi connectivity index (χ0n) is 17.4. The van der Waals surface area contributed by atoms with E-state index >= 15 is 0 Å². The molecule has 152 valence electrons. The zero-order chi connectivity index (χ0) is 19.5. The minimum Gasteiger partial charge on any atom is -0.494 e. The van der Waals surface area contributed by atoms with Crippen molar-refractivity contribution in [2.75, 3.05) is 53.6 Å². The lowest BCUT2D eigenvalue weighted by atomic mass is 10.2. The molecular weight excluding hydrogens is 340 g/mol. The molecule has 1 aliphatic rings. The molecule has 0 amide bonds. The summed E-state index contributed by atoms with van der Waals surface area (Å²) in [6, 6.07) is 8.82. The summed E-state index contributed by atoms with van der Waals surface area (Å²) in [7, 11) is 3.86. The second-order valence-electron chi connectivity index (χ2n) is 6.95. The van der Waals surface area contributed by atoms with Crippen molar-refractivity contribution in [3.8, 4) is 5.75 Å². The first kappa shape index (κ1) is 21.5. The summed E-state index contributed by atoms with van der Waals surface area (Å²) in [5.74, 6) is 1.88. The van der Waals surface area contributed by atoms with Crippen molar-refractivity contribution >= 4 is 5.96 Å². The molecule has 1 heterocycles. The Morgan fingerprint density at radius 3 is 2.74 bits per heavy atom. The molecule has 0 bridgehead atoms. The van der Waals surface area contributed by atoms with E-state index in [0.717, 1.165) is 51.0 Å². The number of rotatable bonds is 10. The van der Waals surface area contributed by atoms with Gasteiger partial charge in [0.1, 0.15) is 5.75 Å². The minimum absolute atomic E-state index is 0.521. The Hall–Kier alpha value is -1.79. The maximum Gasteiger partial charge on any atom is 0.194 e. The van der Waals surface area contributed by atoms with E-state index in [-0.39, 0.29) is 0 Å². The van der Waals surface area contributed by atoms with Crippen LogP contribution >= 0.6 is 0 Å². The summed E-state index contributed by atoms with van der Waals surface area (Å²) in [6.07, 6.45) is 2.47. The lowest BCUT2D eigenvalue weighted by molar-refractivity contribution is 0.142. The number of nitrogens with zero attached hydrogens (tertiary/aromatic N) is 3. The number of nitrogens with one attached hydrogen (secondary N) is 1. The third kappa shape index (κ3) is 7.03. The number of benzene rings is 1. The first-order valence-electron chi connectivity index (χ1n) is 10.1. The van der Waals surface area contributed by atoms with Gasteiger partial charge in [0.05, 0.1) is 19.8 Å². The van der Waals surface area contributed by atoms with Crippen LogP contribution in [-0.2, 0) is 11.3 Å². The summed E-state index contributed by atoms with van der Waals surface area (Å²) in [6.45, 7) is 10.3. The molecule has 1 aromatic carbocycles. The van der Waals surface area contributed by atoms with Crippen molar-refractivity contribution in [1.29, 1.82) is 0 Å². The quantitative estimate of drug-likeness (QED) is 0.502. The van der Waals surface area contributed by atoms with Crippen LogP contribution in [0.1, 0.15) is 32.3 Å². The van der Waals surface area contributed by atoms with Gasteiger partial charge >= 0.3 is 0 Å². The van der Waals surface area contributed by atoms with Gasteiger partial charge < -0.3 is 19.7 Å². The number of likely N-dealkylation sites (tertiary alicyclic amines) is 1. The molecule has 1 fully saturated rings. The van der Waals surface area contributed by atoms with Crippen LogP contribution in [0.15, 0.2) is 29.3 Å². The van der Waals surface area contributed by atoms with Crippen LogP contribution in [0.5, 0.6) is 5.75 Å². The highest BCUT2D eigenvalue weighted by Gasteiger charge is 2.24. The van der Waals surface area contributed by atoms with Crippen LogP contribution < -0.4 is 10.1 Å². The fourth-order valence-corrected chi connectivity index (χ4v) is 3.47. The van der Waals surface area contributed by atoms with Gasteiger partial charge in [0, 0.05) is 39.8 Å². The molecule has 0 radical (unpaired) electrons. The summed E-state index contributed by atoms with van der Waals surface area (Å²) < 4.78 is 10.8. The molecule has 1 saturated heterocycles. The first-order valence-corrected chi connectivity index (χ1v) is 10.1. The number of hydrogen-bond acceptors (Lipinski definition) is 4. The normalized spacial score (nSPS) is 17.9. The predicted octanol–water partition coefficient (Wildman–Crippen LogP) is 2.59. The van der Waals surface area contributed by atoms with Gasteiger partial charge in [0.15, 0.2) is 5.96 Å². The average molecular weight is 377 g/mol. The van der Waals surface area contributed by atoms with Crippen molar-refractivity contribution in [3.05, 3.63) is 29.8 Å². The van der Waals surface area contributed by atoms with Gasteiger partial charge in [-0.3, -0.25) is 9.89 Å². The van der Waals surface area contributed by atoms with E-state index in [4.69, 9.17) is 14.5 Å². The molecule has 1 aliphatic heterocycles. The highest BCUT2D eigenvalue weighted by atomic mass is 16.5. The average Bonchev–Trinajstić information content (AvgIpc) is 3.12. The van der Waals surface area contributed by atoms with Gasteiger partial charge in [-0.1, -0.05) is 12.1 Å². The zero-order valence-corrected chi connectivity index (χ0v) is 17.4. The summed E-state index contributed by atoms with van der Waals surface area (Å²) in [4.78, 5) is 9.61. The Balaban J connectivity index is 1.94. The molecule has 0 spiro atoms. The van der Waals surface area contributed by atoms with Gasteiger partial charge in [0.2, 0.25) is 0 Å². The standard InChI is InChI=1S/C21H36N4O2/c1-5-22-21(23-16-19-8-7-13-25(19)14-15-26-4)24(3)17-18-9-11-20(12-10-18)27-6-2/h9-12,19H,5-8,13-17H2,1-4H3,(H,22,23). The topological polar surface area (TPSA) is 49.3 Å². The van der Waals surface area contributed by atoms with Gasteiger partial charge in [0.25, 0.3) is 0 Å². The second kappa shape index (κ2) is 11.8. The minimum atomic E-state index is 0.521. The van der Waals surface area contributed by atoms with Crippen LogP contribution in [0.3, 0.4) is 0 Å². The Morgan fingerprint density at radius 2 is 2.07 bits per heavy atom. The summed E-state index contributed by atoms with van der Waals surface area (Å²) >= 11 is 0. The number of aliphatic imine (C=N–C) groups is 1. The van der Waals surface area contributed by atoms with Crippen LogP contribution in [0.25, 0.3) is 0 Å². The Kier molecular flexibility index (Phi) is 9.42. The predicted molar refractivity (Wildman–Crippen MR) is 112 cm³/mol. The molecule has 0 saturated carbocycles. The van der Waals surface area contributed by atoms with Crippen molar-refractivity contribution in [2.45, 2.75) is 39.3 Å². The molecule has 6 nitrogen and oxygen atoms in total. The SMILES string of the molecule is CCNC(=NCC1CCCN1CCOC)N(C)Cc1ccc(OCC)cc1. The molecule has 0 aliphatic carbocycles. The van der Waals surface area contributed by atoms with Crippen LogP contribution in [-0.4, -0.2) is 75.4 Å². The number of ether oxygens (including phenoxy) is 2. The van der Waals surface area contributed by atoms with Gasteiger partial charge in [-0.05, 0) is 50.9 Å². The van der Waals surface area contributed by atoms with Gasteiger partial charge in [-0.2, -0.15) is 0 Å². The third-order valence-corrected chi connectivity index (χ3v) is 4.88. The summed E-state index contributed by atoms with van der Waals surface area (Å²) in [5.41, 5.74) is 1.24. The molecule has 1 aromatic rings. The first-order chi connectivity index (χ1) is 13.2. The molecular formula is C21H36N4O2.